The standard InChI is InChI=1S/C32H34Cl2F2N2O3/c1-31(2,3)16-28-32(19-37,24-12-9-21(33)15-26(24)35)29(23-5-4-6-25(34)30(23)36)27(18-40)38(28)17-20-7-10-22(11-8-20)41-14-13-39/h4-12,15,27-29,39-40H,13-14,16-18H2,1-3H3/t27-,28-,29-,32-/m0/s1. The average Bonchev–Trinajstić information content (AvgIpc) is 3.17. The second-order valence-corrected chi connectivity index (χ2v) is 12.5. The number of aliphatic hydroxyl groups excluding tert-OH is 2. The smallest absolute Gasteiger partial charge is 0.145 e. The van der Waals surface area contributed by atoms with Crippen LogP contribution in [-0.2, 0) is 12.0 Å². The minimum Gasteiger partial charge on any atom is -0.491 e. The highest BCUT2D eigenvalue weighted by Crippen LogP contribution is 2.56. The normalized spacial score (nSPS) is 23.0. The van der Waals surface area contributed by atoms with E-state index in [-0.39, 0.29) is 39.8 Å². The van der Waals surface area contributed by atoms with Gasteiger partial charge >= 0.3 is 0 Å². The molecule has 2 N–H and O–H groups in total. The zero-order valence-electron chi connectivity index (χ0n) is 23.3. The lowest BCUT2D eigenvalue weighted by molar-refractivity contribution is 0.0925. The van der Waals surface area contributed by atoms with Crippen LogP contribution in [0.2, 0.25) is 10.0 Å². The van der Waals surface area contributed by atoms with E-state index < -0.39 is 41.7 Å². The Bertz CT molecular complexity index is 1410. The van der Waals surface area contributed by atoms with E-state index in [9.17, 15) is 10.4 Å². The number of aliphatic hydroxyl groups is 2. The van der Waals surface area contributed by atoms with Crippen molar-refractivity contribution in [3.05, 3.63) is 99.0 Å². The predicted octanol–water partition coefficient (Wildman–Crippen LogP) is 6.87. The molecule has 4 atom stereocenters. The van der Waals surface area contributed by atoms with Crippen molar-refractivity contribution in [2.45, 2.75) is 57.2 Å². The van der Waals surface area contributed by atoms with Crippen LogP contribution in [0.5, 0.6) is 5.75 Å². The molecule has 5 nitrogen and oxygen atoms in total. The topological polar surface area (TPSA) is 76.7 Å². The summed E-state index contributed by atoms with van der Waals surface area (Å²) in [6.07, 6.45) is 0.440. The van der Waals surface area contributed by atoms with Gasteiger partial charge in [0.2, 0.25) is 0 Å². The van der Waals surface area contributed by atoms with Crippen molar-refractivity contribution in [1.82, 2.24) is 4.90 Å². The van der Waals surface area contributed by atoms with Gasteiger partial charge in [-0.2, -0.15) is 5.26 Å². The largest absolute Gasteiger partial charge is 0.491 e. The average molecular weight is 604 g/mol. The summed E-state index contributed by atoms with van der Waals surface area (Å²) in [7, 11) is 0. The van der Waals surface area contributed by atoms with Gasteiger partial charge < -0.3 is 14.9 Å². The van der Waals surface area contributed by atoms with E-state index in [2.05, 4.69) is 6.07 Å². The molecule has 0 unspecified atom stereocenters. The minimum atomic E-state index is -1.61. The third-order valence-electron chi connectivity index (χ3n) is 7.75. The lowest BCUT2D eigenvalue weighted by Crippen LogP contribution is -2.46. The molecule has 0 aliphatic carbocycles. The second kappa shape index (κ2) is 12.6. The van der Waals surface area contributed by atoms with Crippen molar-refractivity contribution < 1.29 is 23.7 Å². The minimum absolute atomic E-state index is 0.0942. The summed E-state index contributed by atoms with van der Waals surface area (Å²) in [5.41, 5.74) is -0.837. The fraction of sp³-hybridized carbons (Fsp3) is 0.406. The maximum absolute atomic E-state index is 15.9. The summed E-state index contributed by atoms with van der Waals surface area (Å²) in [6.45, 7) is 6.02. The number of nitriles is 1. The fourth-order valence-electron chi connectivity index (χ4n) is 6.15. The van der Waals surface area contributed by atoms with Gasteiger partial charge in [-0.3, -0.25) is 4.90 Å². The molecule has 0 saturated carbocycles. The van der Waals surface area contributed by atoms with Crippen molar-refractivity contribution in [2.24, 2.45) is 5.41 Å². The van der Waals surface area contributed by atoms with Crippen LogP contribution >= 0.6 is 23.2 Å². The molecule has 218 valence electrons. The highest BCUT2D eigenvalue weighted by Gasteiger charge is 2.62. The number of hydrogen-bond acceptors (Lipinski definition) is 5. The van der Waals surface area contributed by atoms with Crippen LogP contribution in [0.1, 0.15) is 49.8 Å². The van der Waals surface area contributed by atoms with E-state index in [4.69, 9.17) is 33.0 Å². The van der Waals surface area contributed by atoms with Crippen LogP contribution in [0.4, 0.5) is 8.78 Å². The Hall–Kier alpha value is -2.73. The predicted molar refractivity (Wildman–Crippen MR) is 156 cm³/mol. The van der Waals surface area contributed by atoms with Gasteiger partial charge in [-0.25, -0.2) is 8.78 Å². The summed E-state index contributed by atoms with van der Waals surface area (Å²) >= 11 is 12.3. The van der Waals surface area contributed by atoms with Gasteiger partial charge in [-0.15, -0.1) is 0 Å². The Morgan fingerprint density at radius 1 is 1.05 bits per heavy atom. The molecule has 0 radical (unpaired) electrons. The number of halogens is 4. The maximum Gasteiger partial charge on any atom is 0.145 e. The molecule has 1 heterocycles. The van der Waals surface area contributed by atoms with Crippen molar-refractivity contribution in [3.8, 4) is 11.8 Å². The van der Waals surface area contributed by atoms with Gasteiger partial charge in [-0.05, 0) is 53.3 Å². The first kappa shape index (κ1) is 31.2. The molecule has 3 aromatic rings. The number of nitrogens with zero attached hydrogens (tertiary/aromatic N) is 2. The van der Waals surface area contributed by atoms with Crippen LogP contribution in [0.3, 0.4) is 0 Å². The SMILES string of the molecule is CC(C)(C)C[C@@H]1N(Cc2ccc(OCCO)cc2)[C@@H](CO)[C@H](c2cccc(Cl)c2F)[C@@]1(C#N)c1ccc(Cl)cc1F. The monoisotopic (exact) mass is 602 g/mol. The number of rotatable bonds is 9. The molecule has 0 spiro atoms. The molecule has 3 aromatic carbocycles. The zero-order valence-corrected chi connectivity index (χ0v) is 24.8. The molecule has 41 heavy (non-hydrogen) atoms. The lowest BCUT2D eigenvalue weighted by Gasteiger charge is -2.39. The molecule has 0 aromatic heterocycles. The zero-order chi connectivity index (χ0) is 29.9. The molecule has 1 aliphatic heterocycles. The van der Waals surface area contributed by atoms with Gasteiger partial charge in [0.05, 0.1) is 24.3 Å². The highest BCUT2D eigenvalue weighted by molar-refractivity contribution is 6.31. The molecule has 0 bridgehead atoms. The van der Waals surface area contributed by atoms with Crippen LogP contribution in [0.25, 0.3) is 0 Å². The summed E-state index contributed by atoms with van der Waals surface area (Å²) < 4.78 is 37.2. The first-order valence-electron chi connectivity index (χ1n) is 13.5. The first-order valence-corrected chi connectivity index (χ1v) is 14.2. The van der Waals surface area contributed by atoms with E-state index in [1.807, 2.05) is 37.8 Å². The summed E-state index contributed by atoms with van der Waals surface area (Å²) in [5, 5.41) is 31.1. The molecule has 1 aliphatic rings. The van der Waals surface area contributed by atoms with E-state index in [0.717, 1.165) is 11.6 Å². The van der Waals surface area contributed by atoms with Gasteiger partial charge in [0.1, 0.15) is 29.4 Å². The number of benzene rings is 3. The molecule has 9 heteroatoms. The van der Waals surface area contributed by atoms with Crippen molar-refractivity contribution in [2.75, 3.05) is 19.8 Å². The van der Waals surface area contributed by atoms with Crippen LogP contribution < -0.4 is 4.74 Å². The Morgan fingerprint density at radius 2 is 1.76 bits per heavy atom. The Kier molecular flexibility index (Phi) is 9.63. The third kappa shape index (κ3) is 6.23. The molecular formula is C32H34Cl2F2N2O3. The third-order valence-corrected chi connectivity index (χ3v) is 8.27. The van der Waals surface area contributed by atoms with Crippen molar-refractivity contribution >= 4 is 23.2 Å². The van der Waals surface area contributed by atoms with Crippen molar-refractivity contribution in [1.29, 1.82) is 5.26 Å². The maximum atomic E-state index is 15.9. The van der Waals surface area contributed by atoms with Gasteiger partial charge in [0.25, 0.3) is 0 Å². The lowest BCUT2D eigenvalue weighted by atomic mass is 9.62. The first-order chi connectivity index (χ1) is 19.5. The molecule has 0 amide bonds. The van der Waals surface area contributed by atoms with E-state index in [1.54, 1.807) is 24.3 Å². The van der Waals surface area contributed by atoms with Gasteiger partial charge in [0.15, 0.2) is 0 Å². The Balaban J connectivity index is 1.96. The van der Waals surface area contributed by atoms with Gasteiger partial charge in [-0.1, -0.05) is 74.3 Å². The van der Waals surface area contributed by atoms with E-state index in [1.165, 1.54) is 18.2 Å². The Morgan fingerprint density at radius 3 is 2.34 bits per heavy atom. The van der Waals surface area contributed by atoms with Crippen LogP contribution in [0.15, 0.2) is 60.7 Å². The molecule has 4 rings (SSSR count). The summed E-state index contributed by atoms with van der Waals surface area (Å²) in [4.78, 5) is 2.00. The number of likely N-dealkylation sites (tertiary alicyclic amines) is 1. The number of ether oxygens (including phenoxy) is 1. The molecule has 1 saturated heterocycles. The fourth-order valence-corrected chi connectivity index (χ4v) is 6.49. The Labute approximate surface area is 249 Å². The summed E-state index contributed by atoms with van der Waals surface area (Å²) in [6, 6.07) is 17.1. The number of hydrogen-bond donors (Lipinski definition) is 2. The van der Waals surface area contributed by atoms with E-state index >= 15 is 8.78 Å². The molecular weight excluding hydrogens is 569 g/mol. The molecule has 1 fully saturated rings. The van der Waals surface area contributed by atoms with Crippen LogP contribution in [-0.4, -0.2) is 47.0 Å². The van der Waals surface area contributed by atoms with E-state index in [0.29, 0.717) is 18.7 Å². The van der Waals surface area contributed by atoms with Crippen LogP contribution in [0, 0.1) is 28.4 Å². The quantitative estimate of drug-likeness (QED) is 0.279. The van der Waals surface area contributed by atoms with Gasteiger partial charge in [0, 0.05) is 35.1 Å². The second-order valence-electron chi connectivity index (χ2n) is 11.6. The highest BCUT2D eigenvalue weighted by atomic mass is 35.5. The summed E-state index contributed by atoms with van der Waals surface area (Å²) in [5.74, 6) is -1.75. The van der Waals surface area contributed by atoms with Crippen molar-refractivity contribution in [3.63, 3.8) is 0 Å².